The topological polar surface area (TPSA) is 73.8 Å². The molecule has 8 heteroatoms. The molecule has 2 rings (SSSR count). The van der Waals surface area contributed by atoms with E-state index in [0.717, 1.165) is 36.9 Å². The lowest BCUT2D eigenvalue weighted by Gasteiger charge is -2.21. The van der Waals surface area contributed by atoms with Crippen LogP contribution >= 0.6 is 0 Å². The number of benzene rings is 1. The fourth-order valence-electron chi connectivity index (χ4n) is 3.22. The largest absolute Gasteiger partial charge is 0.357 e. The number of aliphatic imine (C=N–C) groups is 1. The van der Waals surface area contributed by atoms with E-state index < -0.39 is 10.0 Å². The molecule has 1 aromatic carbocycles. The van der Waals surface area contributed by atoms with Crippen molar-refractivity contribution in [3.63, 3.8) is 0 Å². The Morgan fingerprint density at radius 3 is 2.81 bits per heavy atom. The van der Waals surface area contributed by atoms with Crippen LogP contribution in [0.3, 0.4) is 0 Å². The van der Waals surface area contributed by atoms with Crippen LogP contribution in [0.5, 0.6) is 0 Å². The van der Waals surface area contributed by atoms with Gasteiger partial charge in [0.25, 0.3) is 0 Å². The van der Waals surface area contributed by atoms with Crippen molar-refractivity contribution >= 4 is 16.0 Å². The Kier molecular flexibility index (Phi) is 7.40. The lowest BCUT2D eigenvalue weighted by Crippen LogP contribution is -2.41. The van der Waals surface area contributed by atoms with Gasteiger partial charge in [-0.05, 0) is 56.4 Å². The van der Waals surface area contributed by atoms with E-state index in [-0.39, 0.29) is 11.9 Å². The standard InChI is InChI=1S/C18H29FN4O2S/c1-4-20-18(21-10-9-15-7-8-16(19)12-14(15)2)22-13-17-6-5-11-23(17)26(3,24)25/h7-8,12,17H,4-6,9-11,13H2,1-3H3,(H2,20,21,22)/t17-/m1/s1. The Morgan fingerprint density at radius 1 is 1.38 bits per heavy atom. The Hall–Kier alpha value is -1.67. The van der Waals surface area contributed by atoms with Gasteiger partial charge in [-0.3, -0.25) is 4.99 Å². The zero-order valence-corrected chi connectivity index (χ0v) is 16.6. The monoisotopic (exact) mass is 384 g/mol. The molecule has 1 aromatic rings. The Bertz CT molecular complexity index is 737. The second kappa shape index (κ2) is 9.32. The molecule has 0 unspecified atom stereocenters. The molecule has 0 aliphatic carbocycles. The van der Waals surface area contributed by atoms with Gasteiger partial charge in [0.05, 0.1) is 12.8 Å². The molecule has 0 bridgehead atoms. The molecule has 0 saturated carbocycles. The number of rotatable bonds is 7. The van der Waals surface area contributed by atoms with Crippen molar-refractivity contribution in [2.24, 2.45) is 4.99 Å². The number of sulfonamides is 1. The Labute approximate surface area is 155 Å². The van der Waals surface area contributed by atoms with Gasteiger partial charge in [-0.25, -0.2) is 12.8 Å². The second-order valence-electron chi connectivity index (χ2n) is 6.64. The lowest BCUT2D eigenvalue weighted by molar-refractivity contribution is 0.396. The van der Waals surface area contributed by atoms with Crippen LogP contribution in [0, 0.1) is 12.7 Å². The molecule has 0 amide bonds. The summed E-state index contributed by atoms with van der Waals surface area (Å²) in [6.07, 6.45) is 3.73. The van der Waals surface area contributed by atoms with Crippen LogP contribution in [0.2, 0.25) is 0 Å². The highest BCUT2D eigenvalue weighted by atomic mass is 32.2. The molecule has 1 fully saturated rings. The number of hydrogen-bond acceptors (Lipinski definition) is 3. The predicted octanol–water partition coefficient (Wildman–Crippen LogP) is 1.66. The van der Waals surface area contributed by atoms with Crippen molar-refractivity contribution in [1.82, 2.24) is 14.9 Å². The molecule has 1 atom stereocenters. The molecule has 146 valence electrons. The molecule has 1 heterocycles. The zero-order chi connectivity index (χ0) is 19.2. The quantitative estimate of drug-likeness (QED) is 0.554. The summed E-state index contributed by atoms with van der Waals surface area (Å²) in [5.74, 6) is 0.453. The van der Waals surface area contributed by atoms with E-state index in [1.54, 1.807) is 10.4 Å². The zero-order valence-electron chi connectivity index (χ0n) is 15.8. The summed E-state index contributed by atoms with van der Waals surface area (Å²) < 4.78 is 38.4. The first-order valence-corrected chi connectivity index (χ1v) is 10.9. The third-order valence-electron chi connectivity index (χ3n) is 4.54. The lowest BCUT2D eigenvalue weighted by atomic mass is 10.1. The van der Waals surface area contributed by atoms with E-state index in [1.165, 1.54) is 18.4 Å². The minimum absolute atomic E-state index is 0.0696. The maximum absolute atomic E-state index is 13.2. The summed E-state index contributed by atoms with van der Waals surface area (Å²) in [4.78, 5) is 4.56. The van der Waals surface area contributed by atoms with Crippen molar-refractivity contribution in [2.75, 3.05) is 32.4 Å². The van der Waals surface area contributed by atoms with Crippen LogP contribution < -0.4 is 10.6 Å². The average Bonchev–Trinajstić information content (AvgIpc) is 3.03. The van der Waals surface area contributed by atoms with E-state index in [0.29, 0.717) is 25.6 Å². The molecule has 0 radical (unpaired) electrons. The molecule has 26 heavy (non-hydrogen) atoms. The minimum atomic E-state index is -3.18. The van der Waals surface area contributed by atoms with Crippen LogP contribution in [0.1, 0.15) is 30.9 Å². The van der Waals surface area contributed by atoms with Crippen LogP contribution in [-0.4, -0.2) is 57.2 Å². The smallest absolute Gasteiger partial charge is 0.211 e. The average molecular weight is 385 g/mol. The first-order chi connectivity index (χ1) is 12.3. The molecule has 6 nitrogen and oxygen atoms in total. The summed E-state index contributed by atoms with van der Waals surface area (Å²) in [7, 11) is -3.18. The van der Waals surface area contributed by atoms with Gasteiger partial charge >= 0.3 is 0 Å². The van der Waals surface area contributed by atoms with Crippen LogP contribution in [0.15, 0.2) is 23.2 Å². The van der Waals surface area contributed by atoms with E-state index in [9.17, 15) is 12.8 Å². The molecule has 1 saturated heterocycles. The van der Waals surface area contributed by atoms with Gasteiger partial charge < -0.3 is 10.6 Å². The second-order valence-corrected chi connectivity index (χ2v) is 8.57. The summed E-state index contributed by atoms with van der Waals surface area (Å²) >= 11 is 0. The fraction of sp³-hybridized carbons (Fsp3) is 0.611. The van der Waals surface area contributed by atoms with Gasteiger partial charge in [0.2, 0.25) is 10.0 Å². The maximum atomic E-state index is 13.2. The summed E-state index contributed by atoms with van der Waals surface area (Å²) in [6.45, 7) is 6.29. The highest BCUT2D eigenvalue weighted by Gasteiger charge is 2.31. The molecular weight excluding hydrogens is 355 g/mol. The van der Waals surface area contributed by atoms with Crippen molar-refractivity contribution < 1.29 is 12.8 Å². The van der Waals surface area contributed by atoms with Gasteiger partial charge in [-0.1, -0.05) is 6.07 Å². The maximum Gasteiger partial charge on any atom is 0.211 e. The number of halogens is 1. The minimum Gasteiger partial charge on any atom is -0.357 e. The summed E-state index contributed by atoms with van der Waals surface area (Å²) in [5, 5.41) is 6.45. The number of nitrogens with zero attached hydrogens (tertiary/aromatic N) is 2. The highest BCUT2D eigenvalue weighted by Crippen LogP contribution is 2.20. The molecular formula is C18H29FN4O2S. The fourth-order valence-corrected chi connectivity index (χ4v) is 4.40. The van der Waals surface area contributed by atoms with Crippen molar-refractivity contribution in [3.8, 4) is 0 Å². The molecule has 1 aliphatic heterocycles. The SMILES string of the molecule is CCNC(=NC[C@H]1CCCN1S(C)(=O)=O)NCCc1ccc(F)cc1C. The normalized spacial score (nSPS) is 18.9. The van der Waals surface area contributed by atoms with Crippen LogP contribution in [0.4, 0.5) is 4.39 Å². The Morgan fingerprint density at radius 2 is 2.15 bits per heavy atom. The molecule has 0 spiro atoms. The van der Waals surface area contributed by atoms with E-state index in [4.69, 9.17) is 0 Å². The van der Waals surface area contributed by atoms with Gasteiger partial charge in [-0.15, -0.1) is 0 Å². The van der Waals surface area contributed by atoms with Gasteiger partial charge in [0, 0.05) is 25.7 Å². The van der Waals surface area contributed by atoms with Gasteiger partial charge in [0.15, 0.2) is 5.96 Å². The van der Waals surface area contributed by atoms with E-state index in [2.05, 4.69) is 15.6 Å². The number of hydrogen-bond donors (Lipinski definition) is 2. The number of aryl methyl sites for hydroxylation is 1. The van der Waals surface area contributed by atoms with Crippen molar-refractivity contribution in [3.05, 3.63) is 35.1 Å². The number of guanidine groups is 1. The summed E-state index contributed by atoms with van der Waals surface area (Å²) in [6, 6.07) is 4.74. The van der Waals surface area contributed by atoms with Crippen molar-refractivity contribution in [1.29, 1.82) is 0 Å². The van der Waals surface area contributed by atoms with Crippen molar-refractivity contribution in [2.45, 2.75) is 39.2 Å². The molecule has 2 N–H and O–H groups in total. The molecule has 0 aromatic heterocycles. The Balaban J connectivity index is 1.92. The third-order valence-corrected chi connectivity index (χ3v) is 5.88. The first-order valence-electron chi connectivity index (χ1n) is 9.05. The number of nitrogens with one attached hydrogen (secondary N) is 2. The highest BCUT2D eigenvalue weighted by molar-refractivity contribution is 7.88. The van der Waals surface area contributed by atoms with Crippen LogP contribution in [-0.2, 0) is 16.4 Å². The predicted molar refractivity (Wildman–Crippen MR) is 103 cm³/mol. The summed E-state index contributed by atoms with van der Waals surface area (Å²) in [5.41, 5.74) is 2.03. The van der Waals surface area contributed by atoms with Gasteiger partial charge in [-0.2, -0.15) is 4.31 Å². The van der Waals surface area contributed by atoms with Gasteiger partial charge in [0.1, 0.15) is 5.82 Å². The first kappa shape index (κ1) is 20.6. The third kappa shape index (κ3) is 5.95. The van der Waals surface area contributed by atoms with E-state index >= 15 is 0 Å². The van der Waals surface area contributed by atoms with Crippen LogP contribution in [0.25, 0.3) is 0 Å². The van der Waals surface area contributed by atoms with E-state index in [1.807, 2.05) is 13.8 Å². The molecule has 1 aliphatic rings.